The van der Waals surface area contributed by atoms with E-state index in [1.807, 2.05) is 13.0 Å². The number of carboxylic acid groups (broad SMARTS) is 1. The molecule has 0 amide bonds. The van der Waals surface area contributed by atoms with Crippen molar-refractivity contribution in [2.24, 2.45) is 0 Å². The number of hydrogen-bond donors (Lipinski definition) is 1. The van der Waals surface area contributed by atoms with Crippen molar-refractivity contribution in [2.45, 2.75) is 32.1 Å². The van der Waals surface area contributed by atoms with E-state index in [9.17, 15) is 4.79 Å². The summed E-state index contributed by atoms with van der Waals surface area (Å²) in [5.74, 6) is -1.02. The topological polar surface area (TPSA) is 37.3 Å². The maximum Gasteiger partial charge on any atom is 0.310 e. The number of benzene rings is 1. The highest BCUT2D eigenvalue weighted by Gasteiger charge is 2.26. The van der Waals surface area contributed by atoms with E-state index >= 15 is 0 Å². The minimum atomic E-state index is -0.702. The van der Waals surface area contributed by atoms with Gasteiger partial charge >= 0.3 is 5.97 Å². The molecule has 1 unspecified atom stereocenters. The first-order valence-corrected chi connectivity index (χ1v) is 5.90. The van der Waals surface area contributed by atoms with Gasteiger partial charge in [-0.3, -0.25) is 4.79 Å². The SMILES string of the molecule is Cc1cc2c(cc1Br)C(C(=O)O)CCC2. The van der Waals surface area contributed by atoms with Crippen LogP contribution in [0.3, 0.4) is 0 Å². The van der Waals surface area contributed by atoms with Gasteiger partial charge in [0.2, 0.25) is 0 Å². The molecule has 1 aromatic carbocycles. The van der Waals surface area contributed by atoms with E-state index in [2.05, 4.69) is 22.0 Å². The predicted molar refractivity (Wildman–Crippen MR) is 62.2 cm³/mol. The van der Waals surface area contributed by atoms with Crippen LogP contribution in [-0.2, 0) is 11.2 Å². The molecule has 0 fully saturated rings. The first kappa shape index (κ1) is 10.7. The predicted octanol–water partition coefficient (Wildman–Crippen LogP) is 3.26. The Kier molecular flexibility index (Phi) is 2.83. The monoisotopic (exact) mass is 268 g/mol. The number of halogens is 1. The van der Waals surface area contributed by atoms with Gasteiger partial charge in [0.1, 0.15) is 0 Å². The Hall–Kier alpha value is -0.830. The molecule has 0 bridgehead atoms. The summed E-state index contributed by atoms with van der Waals surface area (Å²) in [6.45, 7) is 2.04. The molecule has 0 saturated heterocycles. The molecule has 80 valence electrons. The van der Waals surface area contributed by atoms with Gasteiger partial charge in [-0.05, 0) is 48.9 Å². The average molecular weight is 269 g/mol. The van der Waals surface area contributed by atoms with Crippen LogP contribution in [0.5, 0.6) is 0 Å². The number of aryl methyl sites for hydroxylation is 2. The van der Waals surface area contributed by atoms with Crippen LogP contribution in [-0.4, -0.2) is 11.1 Å². The van der Waals surface area contributed by atoms with Crippen molar-refractivity contribution in [3.63, 3.8) is 0 Å². The second-order valence-corrected chi connectivity index (χ2v) is 4.94. The Labute approximate surface area is 97.4 Å². The van der Waals surface area contributed by atoms with E-state index in [4.69, 9.17) is 5.11 Å². The minimum absolute atomic E-state index is 0.314. The van der Waals surface area contributed by atoms with Gasteiger partial charge in [-0.2, -0.15) is 0 Å². The van der Waals surface area contributed by atoms with E-state index in [1.54, 1.807) is 0 Å². The van der Waals surface area contributed by atoms with Crippen LogP contribution in [0.25, 0.3) is 0 Å². The van der Waals surface area contributed by atoms with Gasteiger partial charge in [-0.1, -0.05) is 22.0 Å². The van der Waals surface area contributed by atoms with Crippen LogP contribution in [0, 0.1) is 6.92 Å². The highest BCUT2D eigenvalue weighted by atomic mass is 79.9. The Balaban J connectivity index is 2.51. The van der Waals surface area contributed by atoms with Crippen molar-refractivity contribution in [1.29, 1.82) is 0 Å². The number of carboxylic acids is 1. The van der Waals surface area contributed by atoms with Crippen molar-refractivity contribution in [3.8, 4) is 0 Å². The second kappa shape index (κ2) is 3.97. The summed E-state index contributed by atoms with van der Waals surface area (Å²) in [6.07, 6.45) is 2.75. The molecular weight excluding hydrogens is 256 g/mol. The maximum absolute atomic E-state index is 11.1. The van der Waals surface area contributed by atoms with Crippen molar-refractivity contribution in [1.82, 2.24) is 0 Å². The van der Waals surface area contributed by atoms with Gasteiger partial charge in [0.25, 0.3) is 0 Å². The fourth-order valence-corrected chi connectivity index (χ4v) is 2.57. The molecule has 0 radical (unpaired) electrons. The third-order valence-corrected chi connectivity index (χ3v) is 3.89. The zero-order valence-electron chi connectivity index (χ0n) is 8.59. The molecule has 1 aliphatic carbocycles. The lowest BCUT2D eigenvalue weighted by atomic mass is 9.82. The third kappa shape index (κ3) is 1.93. The molecule has 0 heterocycles. The number of hydrogen-bond acceptors (Lipinski definition) is 1. The number of aliphatic carboxylic acids is 1. The molecule has 1 atom stereocenters. The van der Waals surface area contributed by atoms with Crippen LogP contribution in [0.1, 0.15) is 35.4 Å². The summed E-state index contributed by atoms with van der Waals surface area (Å²) in [4.78, 5) is 11.1. The summed E-state index contributed by atoms with van der Waals surface area (Å²) in [5.41, 5.74) is 3.38. The number of fused-ring (bicyclic) bond motifs is 1. The van der Waals surface area contributed by atoms with Crippen molar-refractivity contribution < 1.29 is 9.90 Å². The fourth-order valence-electron chi connectivity index (χ4n) is 2.21. The molecule has 2 nitrogen and oxygen atoms in total. The lowest BCUT2D eigenvalue weighted by Gasteiger charge is -2.23. The molecule has 2 rings (SSSR count). The minimum Gasteiger partial charge on any atom is -0.481 e. The lowest BCUT2D eigenvalue weighted by molar-refractivity contribution is -0.139. The van der Waals surface area contributed by atoms with Crippen molar-refractivity contribution >= 4 is 21.9 Å². The zero-order valence-corrected chi connectivity index (χ0v) is 10.2. The second-order valence-electron chi connectivity index (χ2n) is 4.08. The standard InChI is InChI=1S/C12H13BrO2/c1-7-5-8-3-2-4-9(12(14)15)10(8)6-11(7)13/h5-6,9H,2-4H2,1H3,(H,14,15). The molecule has 0 aromatic heterocycles. The van der Waals surface area contributed by atoms with Crippen LogP contribution in [0.2, 0.25) is 0 Å². The van der Waals surface area contributed by atoms with Gasteiger partial charge in [-0.25, -0.2) is 0 Å². The first-order valence-electron chi connectivity index (χ1n) is 5.11. The Bertz CT molecular complexity index is 412. The first-order chi connectivity index (χ1) is 7.09. The molecule has 1 aromatic rings. The largest absolute Gasteiger partial charge is 0.481 e. The Morgan fingerprint density at radius 2 is 2.27 bits per heavy atom. The Morgan fingerprint density at radius 3 is 2.93 bits per heavy atom. The summed E-state index contributed by atoms with van der Waals surface area (Å²) in [6, 6.07) is 4.08. The molecule has 1 N–H and O–H groups in total. The van der Waals surface area contributed by atoms with Crippen LogP contribution in [0.15, 0.2) is 16.6 Å². The lowest BCUT2D eigenvalue weighted by Crippen LogP contribution is -2.18. The fraction of sp³-hybridized carbons (Fsp3) is 0.417. The Morgan fingerprint density at radius 1 is 1.53 bits per heavy atom. The summed E-state index contributed by atoms with van der Waals surface area (Å²) in [5, 5.41) is 9.13. The summed E-state index contributed by atoms with van der Waals surface area (Å²) in [7, 11) is 0. The molecule has 3 heteroatoms. The molecule has 0 saturated carbocycles. The van der Waals surface area contributed by atoms with Crippen LogP contribution >= 0.6 is 15.9 Å². The van der Waals surface area contributed by atoms with Crippen LogP contribution in [0.4, 0.5) is 0 Å². The number of carbonyl (C=O) groups is 1. The van der Waals surface area contributed by atoms with E-state index in [0.29, 0.717) is 0 Å². The van der Waals surface area contributed by atoms with E-state index in [-0.39, 0.29) is 5.92 Å². The maximum atomic E-state index is 11.1. The normalized spacial score (nSPS) is 19.7. The number of rotatable bonds is 1. The van der Waals surface area contributed by atoms with E-state index < -0.39 is 5.97 Å². The highest BCUT2D eigenvalue weighted by Crippen LogP contribution is 2.35. The van der Waals surface area contributed by atoms with Crippen molar-refractivity contribution in [2.75, 3.05) is 0 Å². The quantitative estimate of drug-likeness (QED) is 0.849. The molecule has 15 heavy (non-hydrogen) atoms. The van der Waals surface area contributed by atoms with Gasteiger partial charge in [0.15, 0.2) is 0 Å². The molecular formula is C12H13BrO2. The molecule has 0 spiro atoms. The van der Waals surface area contributed by atoms with Crippen molar-refractivity contribution in [3.05, 3.63) is 33.3 Å². The third-order valence-electron chi connectivity index (χ3n) is 3.03. The smallest absolute Gasteiger partial charge is 0.310 e. The van der Waals surface area contributed by atoms with Gasteiger partial charge in [-0.15, -0.1) is 0 Å². The average Bonchev–Trinajstić information content (AvgIpc) is 2.18. The molecule has 0 aliphatic heterocycles. The van der Waals surface area contributed by atoms with E-state index in [1.165, 1.54) is 11.1 Å². The zero-order chi connectivity index (χ0) is 11.0. The molecule has 1 aliphatic rings. The summed E-state index contributed by atoms with van der Waals surface area (Å²) >= 11 is 3.46. The highest BCUT2D eigenvalue weighted by molar-refractivity contribution is 9.10. The van der Waals surface area contributed by atoms with Gasteiger partial charge < -0.3 is 5.11 Å². The summed E-state index contributed by atoms with van der Waals surface area (Å²) < 4.78 is 1.01. The van der Waals surface area contributed by atoms with E-state index in [0.717, 1.165) is 29.3 Å². The van der Waals surface area contributed by atoms with Gasteiger partial charge in [0.05, 0.1) is 5.92 Å². The van der Waals surface area contributed by atoms with Gasteiger partial charge in [0, 0.05) is 4.47 Å². The van der Waals surface area contributed by atoms with Crippen LogP contribution < -0.4 is 0 Å².